The number of aryl methyl sites for hydroxylation is 4. The van der Waals surface area contributed by atoms with E-state index in [-0.39, 0.29) is 35.9 Å². The van der Waals surface area contributed by atoms with Gasteiger partial charge in [0, 0.05) is 0 Å². The van der Waals surface area contributed by atoms with E-state index in [1.165, 1.54) is 80.1 Å². The van der Waals surface area contributed by atoms with Crippen molar-refractivity contribution in [2.24, 2.45) is 11.3 Å². The van der Waals surface area contributed by atoms with Gasteiger partial charge in [-0.2, -0.15) is 11.6 Å². The topological polar surface area (TPSA) is 0 Å². The maximum Gasteiger partial charge on any atom is -1.00 e. The van der Waals surface area contributed by atoms with Crippen LogP contribution in [0.25, 0.3) is 21.5 Å². The second-order valence-electron chi connectivity index (χ2n) is 13.9. The van der Waals surface area contributed by atoms with Crippen LogP contribution in [-0.2, 0) is 36.6 Å². The molecule has 52 heavy (non-hydrogen) atoms. The van der Waals surface area contributed by atoms with Gasteiger partial charge in [0.25, 0.3) is 0 Å². The maximum atomic E-state index is 12.7. The molecule has 0 N–H and O–H groups in total. The molecule has 0 heterocycles. The van der Waals surface area contributed by atoms with Crippen molar-refractivity contribution in [3.63, 3.8) is 0 Å². The molecule has 0 saturated heterocycles. The van der Waals surface area contributed by atoms with E-state index in [2.05, 4.69) is 104 Å². The second-order valence-corrected chi connectivity index (χ2v) is 15.2. The first-order chi connectivity index (χ1) is 23.2. The Morgan fingerprint density at radius 1 is 0.673 bits per heavy atom. The molecule has 9 heteroatoms. The fourth-order valence-corrected chi connectivity index (χ4v) is 6.40. The number of benzene rings is 4. The molecule has 0 saturated carbocycles. The Bertz CT molecular complexity index is 1950. The van der Waals surface area contributed by atoms with E-state index in [1.54, 1.807) is 0 Å². The summed E-state index contributed by atoms with van der Waals surface area (Å²) in [4.78, 5) is 0. The van der Waals surface area contributed by atoms with Crippen LogP contribution in [0.4, 0.5) is 26.3 Å². The van der Waals surface area contributed by atoms with Gasteiger partial charge in [-0.3, -0.25) is 6.08 Å². The predicted molar refractivity (Wildman–Crippen MR) is 191 cm³/mol. The van der Waals surface area contributed by atoms with Crippen LogP contribution in [0.1, 0.15) is 78.6 Å². The monoisotopic (exact) mass is 832 g/mol. The summed E-state index contributed by atoms with van der Waals surface area (Å²) in [5.74, 6) is 0.573. The van der Waals surface area contributed by atoms with Crippen molar-refractivity contribution in [2.75, 3.05) is 0 Å². The number of hydrogen-bond acceptors (Lipinski definition) is 0. The normalized spacial score (nSPS) is 14.1. The molecule has 5 aromatic carbocycles. The summed E-state index contributed by atoms with van der Waals surface area (Å²) >= 11 is 0.729. The van der Waals surface area contributed by atoms with Crippen molar-refractivity contribution in [3.8, 4) is 0 Å². The molecule has 0 spiro atoms. The predicted octanol–water partition coefficient (Wildman–Crippen LogP) is 7.15. The van der Waals surface area contributed by atoms with Gasteiger partial charge in [0.1, 0.15) is 0 Å². The molecule has 1 aliphatic rings. The number of halogens is 8. The van der Waals surface area contributed by atoms with E-state index in [0.29, 0.717) is 14.5 Å². The van der Waals surface area contributed by atoms with E-state index in [4.69, 9.17) is 0 Å². The van der Waals surface area contributed by atoms with Crippen LogP contribution >= 0.6 is 0 Å². The van der Waals surface area contributed by atoms with Gasteiger partial charge in [0.15, 0.2) is 0 Å². The third kappa shape index (κ3) is 11.3. The smallest absolute Gasteiger partial charge is 1.00 e. The number of allylic oxidation sites excluding steroid dienone is 4. The Balaban J connectivity index is 0.000000279. The quantitative estimate of drug-likeness (QED) is 0.134. The molecule has 0 amide bonds. The molecule has 0 aliphatic heterocycles. The van der Waals surface area contributed by atoms with Crippen LogP contribution in [0.3, 0.4) is 0 Å². The summed E-state index contributed by atoms with van der Waals surface area (Å²) in [6.07, 6.45) is 0.0304. The molecule has 0 radical (unpaired) electrons. The van der Waals surface area contributed by atoms with Crippen LogP contribution in [0.15, 0.2) is 96.6 Å². The van der Waals surface area contributed by atoms with Crippen LogP contribution in [-0.4, -0.2) is 3.21 Å². The summed E-state index contributed by atoms with van der Waals surface area (Å²) in [6, 6.07) is 20.7. The fraction of sp³-hybridized carbons (Fsp3) is 0.302. The molecule has 276 valence electrons. The van der Waals surface area contributed by atoms with Gasteiger partial charge in [-0.25, -0.2) is 6.08 Å². The summed E-state index contributed by atoms with van der Waals surface area (Å²) in [5.41, 5.74) is 6.14. The van der Waals surface area contributed by atoms with Crippen molar-refractivity contribution in [2.45, 2.75) is 74.2 Å². The van der Waals surface area contributed by atoms with Crippen LogP contribution in [0.2, 0.25) is 0 Å². The Morgan fingerprint density at radius 2 is 1.08 bits per heavy atom. The number of hydrogen-bond donors (Lipinski definition) is 0. The van der Waals surface area contributed by atoms with Gasteiger partial charge in [-0.15, -0.1) is 39.7 Å². The van der Waals surface area contributed by atoms with Crippen molar-refractivity contribution in [1.82, 2.24) is 0 Å². The minimum atomic E-state index is -4.49. The molecule has 0 aromatic heterocycles. The summed E-state index contributed by atoms with van der Waals surface area (Å²) in [5, 5.41) is 5.53. The minimum absolute atomic E-state index is 0. The first kappa shape index (κ1) is 45.3. The summed E-state index contributed by atoms with van der Waals surface area (Å²) < 4.78 is 76.7. The Kier molecular flexibility index (Phi) is 15.7. The molecule has 1 unspecified atom stereocenters. The van der Waals surface area contributed by atoms with Crippen molar-refractivity contribution >= 4 is 24.8 Å². The van der Waals surface area contributed by atoms with E-state index in [0.717, 1.165) is 48.5 Å². The number of rotatable bonds is 3. The molecular formula is C43H42Cl2F6Zr-2. The Hall–Kier alpha value is -2.86. The average Bonchev–Trinajstić information content (AvgIpc) is 3.66. The molecule has 1 atom stereocenters. The van der Waals surface area contributed by atoms with Gasteiger partial charge in [0.2, 0.25) is 0 Å². The van der Waals surface area contributed by atoms with Gasteiger partial charge < -0.3 is 24.8 Å². The number of alkyl halides is 6. The zero-order valence-electron chi connectivity index (χ0n) is 30.5. The van der Waals surface area contributed by atoms with Gasteiger partial charge in [-0.05, 0) is 27.7 Å². The second kappa shape index (κ2) is 18.0. The molecule has 0 fully saturated rings. The van der Waals surface area contributed by atoms with E-state index in [1.807, 2.05) is 0 Å². The Labute approximate surface area is 330 Å². The van der Waals surface area contributed by atoms with Gasteiger partial charge in [0.05, 0.1) is 0 Å². The fourth-order valence-electron chi connectivity index (χ4n) is 5.63. The first-order valence-electron chi connectivity index (χ1n) is 16.5. The summed E-state index contributed by atoms with van der Waals surface area (Å²) in [6.45, 7) is 17.7. The third-order valence-electron chi connectivity index (χ3n) is 9.03. The number of fused-ring (bicyclic) bond motifs is 3. The average molecular weight is 835 g/mol. The van der Waals surface area contributed by atoms with Crippen LogP contribution in [0, 0.1) is 45.1 Å². The van der Waals surface area contributed by atoms with Gasteiger partial charge >= 0.3 is 137 Å². The molecule has 0 bridgehead atoms. The zero-order chi connectivity index (χ0) is 37.2. The molecule has 6 rings (SSSR count). The minimum Gasteiger partial charge on any atom is -1.00 e. The van der Waals surface area contributed by atoms with Crippen molar-refractivity contribution in [3.05, 3.63) is 147 Å². The SMILES string of the molecule is CCC1[C-]=CC(C(C)(C)C)=C1.Cc1cc2[cH-]c3cc(C)c(C)cc3c2cc1C.FC(F)(F)c1cccc([C](=[Zr+2])c2cccc(C(F)(F)F)c2)c1.[Cl-].[Cl-]. The van der Waals surface area contributed by atoms with Crippen molar-refractivity contribution in [1.29, 1.82) is 0 Å². The largest absolute Gasteiger partial charge is 1.00 e. The zero-order valence-corrected chi connectivity index (χ0v) is 34.4. The van der Waals surface area contributed by atoms with E-state index >= 15 is 0 Å². The van der Waals surface area contributed by atoms with Crippen LogP contribution < -0.4 is 24.8 Å². The molecule has 1 aliphatic carbocycles. The first-order valence-corrected chi connectivity index (χ1v) is 17.7. The van der Waals surface area contributed by atoms with Crippen molar-refractivity contribution < 1.29 is 75.4 Å². The van der Waals surface area contributed by atoms with Crippen LogP contribution in [0.5, 0.6) is 0 Å². The maximum absolute atomic E-state index is 12.7. The molecule has 5 aromatic rings. The van der Waals surface area contributed by atoms with E-state index < -0.39 is 23.5 Å². The third-order valence-corrected chi connectivity index (χ3v) is 10.4. The summed E-state index contributed by atoms with van der Waals surface area (Å²) in [7, 11) is 0. The van der Waals surface area contributed by atoms with E-state index in [9.17, 15) is 26.3 Å². The Morgan fingerprint density at radius 3 is 1.40 bits per heavy atom. The molecule has 0 nitrogen and oxygen atoms in total. The molecular weight excluding hydrogens is 793 g/mol. The standard InChI is InChI=1S/C17H17.C15H8F6.C11H17.2ClH.Zr/c1-10-5-14-9-15-6-11(2)13(4)8-17(15)16(14)7-12(10)3;16-14(17,18)12-5-1-3-10(8-12)7-11-4-2-6-13(9-11)15(19,20)21;1-5-9-6-7-10(8-9)11(2,3)4;;;/h5-9H,1-4H3;1-6,8-9H;7-9H,5H2,1-4H3;2*1H;/q-1;;-1;;;+2/p-2. The van der Waals surface area contributed by atoms with Gasteiger partial charge in [-0.1, -0.05) is 79.8 Å².